The Morgan fingerprint density at radius 3 is 1.88 bits per heavy atom. The molecule has 2 heterocycles. The Morgan fingerprint density at radius 2 is 1.56 bits per heavy atom. The third-order valence-corrected chi connectivity index (χ3v) is 2.66. The Hall–Kier alpha value is -3.03. The van der Waals surface area contributed by atoms with E-state index in [1.165, 1.54) is 11.7 Å². The number of aldehydes is 1. The number of aromatic nitrogens is 4. The fourth-order valence-corrected chi connectivity index (χ4v) is 1.50. The molecule has 15 heteroatoms. The van der Waals surface area contributed by atoms with E-state index in [1.54, 1.807) is 7.05 Å². The van der Waals surface area contributed by atoms with Gasteiger partial charge in [0.15, 0.2) is 12.0 Å². The molecule has 0 unspecified atom stereocenters. The van der Waals surface area contributed by atoms with Crippen molar-refractivity contribution in [3.05, 3.63) is 44.0 Å². The first kappa shape index (κ1) is 22.0. The van der Waals surface area contributed by atoms with E-state index in [0.29, 0.717) is 6.29 Å². The van der Waals surface area contributed by atoms with E-state index in [0.717, 1.165) is 17.1 Å². The van der Waals surface area contributed by atoms with Crippen LogP contribution in [0.15, 0.2) is 12.4 Å². The van der Waals surface area contributed by atoms with Crippen molar-refractivity contribution in [2.24, 2.45) is 14.1 Å². The molecule has 0 saturated heterocycles. The van der Waals surface area contributed by atoms with Gasteiger partial charge in [0.2, 0.25) is 0 Å². The summed E-state index contributed by atoms with van der Waals surface area (Å²) in [5.41, 5.74) is -0.206. The summed E-state index contributed by atoms with van der Waals surface area (Å²) >= 11 is -1.44. The topological polar surface area (TPSA) is 193 Å². The monoisotopic (exact) mass is 399 g/mol. The van der Waals surface area contributed by atoms with Crippen molar-refractivity contribution in [3.63, 3.8) is 0 Å². The fourth-order valence-electron chi connectivity index (χ4n) is 1.50. The number of carbonyl (C=O) groups is 1. The van der Waals surface area contributed by atoms with Gasteiger partial charge >= 0.3 is 33.9 Å². The third kappa shape index (κ3) is 6.17. The second-order valence-electron chi connectivity index (χ2n) is 3.99. The summed E-state index contributed by atoms with van der Waals surface area (Å²) in [6.07, 6.45) is 2.57. The molecule has 137 valence electrons. The van der Waals surface area contributed by atoms with E-state index in [2.05, 4.69) is 10.2 Å². The first-order valence-corrected chi connectivity index (χ1v) is 6.98. The Balaban J connectivity index is 0.000000399. The van der Waals surface area contributed by atoms with Crippen LogP contribution in [-0.2, 0) is 43.2 Å². The standard InChI is InChI=1S/C5H7N3O3.C5H5N3O3.Mn.2O/c2*1-7-5(3-9)4(2-6-7)8(10)11;;;/h2,9H,3H2,1H3;2-3H,1H3;;;. The van der Waals surface area contributed by atoms with Gasteiger partial charge in [0.1, 0.15) is 18.1 Å². The minimum atomic E-state index is -1.44. The van der Waals surface area contributed by atoms with Crippen molar-refractivity contribution in [1.29, 1.82) is 0 Å². The van der Waals surface area contributed by atoms with Crippen molar-refractivity contribution >= 4 is 17.7 Å². The molecule has 14 nitrogen and oxygen atoms in total. The Labute approximate surface area is 144 Å². The molecule has 25 heavy (non-hydrogen) atoms. The predicted octanol–water partition coefficient (Wildman–Crippen LogP) is -0.279. The number of aliphatic hydroxyl groups is 1. The van der Waals surface area contributed by atoms with Gasteiger partial charge in [-0.1, -0.05) is 0 Å². The van der Waals surface area contributed by atoms with Crippen molar-refractivity contribution in [2.75, 3.05) is 0 Å². The van der Waals surface area contributed by atoms with Crippen LogP contribution in [0.4, 0.5) is 11.4 Å². The van der Waals surface area contributed by atoms with Crippen LogP contribution in [0, 0.1) is 20.2 Å². The average molecular weight is 399 g/mol. The number of aryl methyl sites for hydroxylation is 2. The van der Waals surface area contributed by atoms with Gasteiger partial charge in [0, 0.05) is 14.1 Å². The van der Waals surface area contributed by atoms with Crippen molar-refractivity contribution in [1.82, 2.24) is 19.6 Å². The number of nitro groups is 2. The maximum absolute atomic E-state index is 10.2. The van der Waals surface area contributed by atoms with Crippen LogP contribution >= 0.6 is 0 Å². The molecule has 1 N–H and O–H groups in total. The molecule has 2 rings (SSSR count). The fraction of sp³-hybridized carbons (Fsp3) is 0.300. The van der Waals surface area contributed by atoms with Crippen LogP contribution in [0.25, 0.3) is 0 Å². The molecule has 2 aromatic rings. The van der Waals surface area contributed by atoms with E-state index < -0.39 is 24.7 Å². The number of aliphatic hydroxyl groups excluding tert-OH is 1. The van der Waals surface area contributed by atoms with Gasteiger partial charge in [-0.05, 0) is 0 Å². The second-order valence-corrected chi connectivity index (χ2v) is 4.19. The molecule has 2 aromatic heterocycles. The Morgan fingerprint density at radius 1 is 1.12 bits per heavy atom. The zero-order valence-corrected chi connectivity index (χ0v) is 14.0. The molecular weight excluding hydrogens is 387 g/mol. The van der Waals surface area contributed by atoms with Crippen LogP contribution in [0.3, 0.4) is 0 Å². The number of rotatable bonds is 4. The number of nitrogens with zero attached hydrogens (tertiary/aromatic N) is 6. The predicted molar refractivity (Wildman–Crippen MR) is 72.4 cm³/mol. The Kier molecular flexibility index (Phi) is 9.39. The van der Waals surface area contributed by atoms with Crippen molar-refractivity contribution < 1.29 is 42.2 Å². The maximum atomic E-state index is 10.2. The summed E-state index contributed by atoms with van der Waals surface area (Å²) in [5, 5.41) is 36.3. The minimum absolute atomic E-state index is 0.0185. The van der Waals surface area contributed by atoms with Gasteiger partial charge in [0.25, 0.3) is 0 Å². The molecule has 0 amide bonds. The second kappa shape index (κ2) is 10.7. The molecule has 0 aromatic carbocycles. The Bertz CT molecular complexity index is 793. The van der Waals surface area contributed by atoms with Gasteiger partial charge in [0.05, 0.1) is 16.5 Å². The van der Waals surface area contributed by atoms with E-state index in [4.69, 9.17) is 12.8 Å². The number of carbonyl (C=O) groups excluding carboxylic acids is 1. The molecule has 0 spiro atoms. The molecule has 0 saturated carbocycles. The van der Waals surface area contributed by atoms with Crippen LogP contribution < -0.4 is 0 Å². The zero-order valence-electron chi connectivity index (χ0n) is 12.8. The summed E-state index contributed by atoms with van der Waals surface area (Å²) in [7, 11) is 3.01. The molecule has 0 fully saturated rings. The zero-order chi connectivity index (χ0) is 19.6. The van der Waals surface area contributed by atoms with Gasteiger partial charge in [-0.25, -0.2) is 0 Å². The van der Waals surface area contributed by atoms with Gasteiger partial charge in [-0.3, -0.25) is 34.4 Å². The van der Waals surface area contributed by atoms with Crippen LogP contribution in [0.2, 0.25) is 0 Å². The first-order chi connectivity index (χ1) is 11.7. The summed E-state index contributed by atoms with van der Waals surface area (Å²) in [6, 6.07) is 0. The summed E-state index contributed by atoms with van der Waals surface area (Å²) in [6.45, 7) is -0.368. The summed E-state index contributed by atoms with van der Waals surface area (Å²) in [5.74, 6) is 0. The molecule has 0 bridgehead atoms. The summed E-state index contributed by atoms with van der Waals surface area (Å²) in [4.78, 5) is 29.5. The number of hydrogen-bond donors (Lipinski definition) is 1. The van der Waals surface area contributed by atoms with Crippen LogP contribution in [0.5, 0.6) is 0 Å². The van der Waals surface area contributed by atoms with Gasteiger partial charge in [-0.2, -0.15) is 10.2 Å². The van der Waals surface area contributed by atoms with Gasteiger partial charge < -0.3 is 5.11 Å². The SMILES string of the molecule is Cn1ncc([N+](=O)[O-])c1C=O.Cn1ncc([N+](=O)[O-])c1CO.[O]=[Mn]=[O]. The van der Waals surface area contributed by atoms with E-state index in [9.17, 15) is 25.0 Å². The summed E-state index contributed by atoms with van der Waals surface area (Å²) < 4.78 is 19.2. The van der Waals surface area contributed by atoms with Crippen LogP contribution in [-0.4, -0.2) is 40.8 Å². The van der Waals surface area contributed by atoms with Gasteiger partial charge in [-0.15, -0.1) is 0 Å². The van der Waals surface area contributed by atoms with E-state index in [-0.39, 0.29) is 29.4 Å². The molecule has 0 radical (unpaired) electrons. The molecule has 0 aliphatic heterocycles. The average Bonchev–Trinajstić information content (AvgIpc) is 3.11. The first-order valence-electron chi connectivity index (χ1n) is 6.02. The third-order valence-electron chi connectivity index (χ3n) is 2.66. The molecule has 0 atom stereocenters. The van der Waals surface area contributed by atoms with Crippen LogP contribution in [0.1, 0.15) is 16.2 Å². The molecule has 0 aliphatic rings. The van der Waals surface area contributed by atoms with E-state index >= 15 is 0 Å². The van der Waals surface area contributed by atoms with Crippen molar-refractivity contribution in [2.45, 2.75) is 6.61 Å². The normalized spacial score (nSPS) is 9.08. The quantitative estimate of drug-likeness (QED) is 0.309. The molecule has 0 aliphatic carbocycles. The number of hydrogen-bond acceptors (Lipinski definition) is 10. The van der Waals surface area contributed by atoms with E-state index in [1.807, 2.05) is 0 Å². The molecular formula is C10H12MnN6O8. The van der Waals surface area contributed by atoms with Crippen molar-refractivity contribution in [3.8, 4) is 0 Å².